The highest BCUT2D eigenvalue weighted by Gasteiger charge is 2.56. The molecular formula is C9H16N6O. The topological polar surface area (TPSA) is 112 Å². The molecule has 3 heterocycles. The Bertz CT molecular complexity index is 380. The van der Waals surface area contributed by atoms with Crippen LogP contribution in [0.3, 0.4) is 0 Å². The maximum atomic E-state index is 9.35. The van der Waals surface area contributed by atoms with Gasteiger partial charge in [-0.3, -0.25) is 0 Å². The number of rotatable bonds is 1. The minimum Gasteiger partial charge on any atom is -0.394 e. The zero-order valence-electron chi connectivity index (χ0n) is 8.93. The lowest BCUT2D eigenvalue weighted by molar-refractivity contribution is 0.129. The molecule has 0 aliphatic carbocycles. The van der Waals surface area contributed by atoms with Gasteiger partial charge in [-0.1, -0.05) is 0 Å². The van der Waals surface area contributed by atoms with Crippen molar-refractivity contribution in [2.24, 2.45) is 21.5 Å². The van der Waals surface area contributed by atoms with Crippen molar-refractivity contribution in [1.82, 2.24) is 10.2 Å². The molecule has 1 saturated heterocycles. The molecule has 0 bridgehead atoms. The van der Waals surface area contributed by atoms with Gasteiger partial charge < -0.3 is 26.8 Å². The Morgan fingerprint density at radius 2 is 2.38 bits per heavy atom. The van der Waals surface area contributed by atoms with Crippen LogP contribution in [0, 0.1) is 0 Å². The van der Waals surface area contributed by atoms with Crippen LogP contribution < -0.4 is 16.8 Å². The fourth-order valence-corrected chi connectivity index (χ4v) is 3.03. The maximum Gasteiger partial charge on any atom is 0.193 e. The quantitative estimate of drug-likeness (QED) is 0.402. The summed E-state index contributed by atoms with van der Waals surface area (Å²) < 4.78 is 0. The van der Waals surface area contributed by atoms with Crippen molar-refractivity contribution in [1.29, 1.82) is 0 Å². The van der Waals surface area contributed by atoms with Crippen LogP contribution in [0.15, 0.2) is 9.98 Å². The molecular weight excluding hydrogens is 208 g/mol. The van der Waals surface area contributed by atoms with E-state index in [-0.39, 0.29) is 18.7 Å². The summed E-state index contributed by atoms with van der Waals surface area (Å²) in [5, 5.41) is 12.4. The van der Waals surface area contributed by atoms with E-state index in [1.165, 1.54) is 0 Å². The van der Waals surface area contributed by atoms with Gasteiger partial charge in [0.1, 0.15) is 6.04 Å². The molecule has 0 saturated carbocycles. The molecule has 3 aliphatic rings. The average Bonchev–Trinajstić information content (AvgIpc) is 2.80. The molecule has 0 aromatic carbocycles. The first-order valence-electron chi connectivity index (χ1n) is 5.51. The normalized spacial score (nSPS) is 40.9. The van der Waals surface area contributed by atoms with Crippen LogP contribution in [0.1, 0.15) is 12.8 Å². The third kappa shape index (κ3) is 1.01. The number of aliphatic hydroxyl groups is 1. The van der Waals surface area contributed by atoms with Gasteiger partial charge in [0.2, 0.25) is 0 Å². The Morgan fingerprint density at radius 1 is 1.56 bits per heavy atom. The smallest absolute Gasteiger partial charge is 0.193 e. The van der Waals surface area contributed by atoms with E-state index in [4.69, 9.17) is 11.5 Å². The van der Waals surface area contributed by atoms with Crippen LogP contribution in [0.2, 0.25) is 0 Å². The summed E-state index contributed by atoms with van der Waals surface area (Å²) in [5.41, 5.74) is 11.2. The van der Waals surface area contributed by atoms with Crippen molar-refractivity contribution < 1.29 is 5.11 Å². The standard InChI is InChI=1S/C9H16N6O/c10-7-13-6-5(4-16)12-8(11)15-3-1-2-9(6,15)14-7/h5-6,16H,1-4H2,(H2,11,12)(H3,10,13,14)/t5-,6-,9+/m0/s1. The molecule has 7 nitrogen and oxygen atoms in total. The average molecular weight is 224 g/mol. The van der Waals surface area contributed by atoms with E-state index in [0.29, 0.717) is 11.9 Å². The molecule has 0 aromatic heterocycles. The zero-order chi connectivity index (χ0) is 11.3. The molecule has 7 heteroatoms. The van der Waals surface area contributed by atoms with Crippen molar-refractivity contribution in [2.75, 3.05) is 13.2 Å². The van der Waals surface area contributed by atoms with Crippen LogP contribution in [-0.2, 0) is 0 Å². The third-order valence-electron chi connectivity index (χ3n) is 3.66. The van der Waals surface area contributed by atoms with Gasteiger partial charge in [0.15, 0.2) is 17.6 Å². The second kappa shape index (κ2) is 3.00. The van der Waals surface area contributed by atoms with Crippen LogP contribution in [0.5, 0.6) is 0 Å². The molecule has 6 N–H and O–H groups in total. The molecule has 16 heavy (non-hydrogen) atoms. The molecule has 0 aromatic rings. The fourth-order valence-electron chi connectivity index (χ4n) is 3.03. The summed E-state index contributed by atoms with van der Waals surface area (Å²) in [4.78, 5) is 10.8. The summed E-state index contributed by atoms with van der Waals surface area (Å²) in [6.07, 6.45) is 1.92. The maximum absolute atomic E-state index is 9.35. The van der Waals surface area contributed by atoms with Crippen molar-refractivity contribution in [3.05, 3.63) is 0 Å². The Hall–Kier alpha value is -1.50. The lowest BCUT2D eigenvalue weighted by atomic mass is 9.91. The van der Waals surface area contributed by atoms with Gasteiger partial charge in [0.05, 0.1) is 12.6 Å². The highest BCUT2D eigenvalue weighted by Crippen LogP contribution is 2.40. The number of hydrogen-bond acceptors (Lipinski definition) is 7. The Balaban J connectivity index is 2.07. The highest BCUT2D eigenvalue weighted by molar-refractivity contribution is 5.86. The van der Waals surface area contributed by atoms with Gasteiger partial charge in [-0.25, -0.2) is 9.98 Å². The highest BCUT2D eigenvalue weighted by atomic mass is 16.3. The first kappa shape index (κ1) is 9.71. The molecule has 1 spiro atoms. The molecule has 0 unspecified atom stereocenters. The second-order valence-electron chi connectivity index (χ2n) is 4.49. The van der Waals surface area contributed by atoms with E-state index >= 15 is 0 Å². The number of nitrogens with two attached hydrogens (primary N) is 2. The second-order valence-corrected chi connectivity index (χ2v) is 4.49. The summed E-state index contributed by atoms with van der Waals surface area (Å²) in [5.74, 6) is 0.883. The Morgan fingerprint density at radius 3 is 3.12 bits per heavy atom. The van der Waals surface area contributed by atoms with E-state index in [9.17, 15) is 5.11 Å². The van der Waals surface area contributed by atoms with Crippen LogP contribution in [0.25, 0.3) is 0 Å². The number of aliphatic hydroxyl groups excluding tert-OH is 1. The fraction of sp³-hybridized carbons (Fsp3) is 0.778. The predicted octanol–water partition coefficient (Wildman–Crippen LogP) is -2.25. The van der Waals surface area contributed by atoms with E-state index in [2.05, 4.69) is 15.3 Å². The zero-order valence-corrected chi connectivity index (χ0v) is 8.93. The molecule has 3 rings (SSSR count). The molecule has 3 atom stereocenters. The van der Waals surface area contributed by atoms with Gasteiger partial charge in [0.25, 0.3) is 0 Å². The number of nitrogens with zero attached hydrogens (tertiary/aromatic N) is 3. The van der Waals surface area contributed by atoms with Crippen molar-refractivity contribution in [2.45, 2.75) is 30.6 Å². The van der Waals surface area contributed by atoms with E-state index in [1.807, 2.05) is 4.90 Å². The number of guanidine groups is 2. The summed E-state index contributed by atoms with van der Waals surface area (Å²) in [7, 11) is 0. The van der Waals surface area contributed by atoms with Gasteiger partial charge in [-0.05, 0) is 12.8 Å². The monoisotopic (exact) mass is 224 g/mol. The first-order chi connectivity index (χ1) is 7.67. The van der Waals surface area contributed by atoms with Crippen molar-refractivity contribution in [3.63, 3.8) is 0 Å². The Kier molecular flexibility index (Phi) is 1.82. The van der Waals surface area contributed by atoms with Gasteiger partial charge in [-0.15, -0.1) is 0 Å². The minimum atomic E-state index is -0.413. The molecule has 0 amide bonds. The van der Waals surface area contributed by atoms with Crippen LogP contribution in [-0.4, -0.2) is 52.8 Å². The van der Waals surface area contributed by atoms with Gasteiger partial charge in [0, 0.05) is 6.54 Å². The van der Waals surface area contributed by atoms with E-state index in [0.717, 1.165) is 19.4 Å². The van der Waals surface area contributed by atoms with E-state index in [1.54, 1.807) is 0 Å². The van der Waals surface area contributed by atoms with Crippen LogP contribution >= 0.6 is 0 Å². The first-order valence-corrected chi connectivity index (χ1v) is 5.51. The van der Waals surface area contributed by atoms with E-state index < -0.39 is 5.66 Å². The number of nitrogens with one attached hydrogen (secondary N) is 1. The lowest BCUT2D eigenvalue weighted by Gasteiger charge is -2.43. The number of aliphatic imine (C=N–C) groups is 2. The summed E-state index contributed by atoms with van der Waals surface area (Å²) in [6, 6.07) is -0.327. The minimum absolute atomic E-state index is 0.0449. The van der Waals surface area contributed by atoms with Gasteiger partial charge in [-0.2, -0.15) is 0 Å². The molecule has 1 fully saturated rings. The predicted molar refractivity (Wildman–Crippen MR) is 59.7 cm³/mol. The lowest BCUT2D eigenvalue weighted by Crippen LogP contribution is -2.65. The third-order valence-corrected chi connectivity index (χ3v) is 3.66. The molecule has 3 aliphatic heterocycles. The SMILES string of the molecule is NC1=N[C@]23CCCN2C(N)=N[C@@H](CO)[C@@H]3N1. The van der Waals surface area contributed by atoms with Crippen molar-refractivity contribution in [3.8, 4) is 0 Å². The summed E-state index contributed by atoms with van der Waals surface area (Å²) in [6.45, 7) is 0.805. The number of hydrogen-bond donors (Lipinski definition) is 4. The van der Waals surface area contributed by atoms with Crippen molar-refractivity contribution >= 4 is 11.9 Å². The Labute approximate surface area is 93.2 Å². The molecule has 0 radical (unpaired) electrons. The van der Waals surface area contributed by atoms with Gasteiger partial charge >= 0.3 is 0 Å². The van der Waals surface area contributed by atoms with Crippen LogP contribution in [0.4, 0.5) is 0 Å². The summed E-state index contributed by atoms with van der Waals surface area (Å²) >= 11 is 0. The molecule has 88 valence electrons. The largest absolute Gasteiger partial charge is 0.394 e.